The quantitative estimate of drug-likeness (QED) is 0.419. The monoisotopic (exact) mass is 298 g/mol. The van der Waals surface area contributed by atoms with Crippen LogP contribution < -0.4 is 0 Å². The Labute approximate surface area is 137 Å². The molecule has 0 amide bonds. The second-order valence-corrected chi connectivity index (χ2v) is 6.36. The van der Waals surface area contributed by atoms with E-state index in [1.54, 1.807) is 0 Å². The van der Waals surface area contributed by atoms with Gasteiger partial charge in [0.25, 0.3) is 0 Å². The van der Waals surface area contributed by atoms with Crippen LogP contribution in [0.3, 0.4) is 0 Å². The third-order valence-corrected chi connectivity index (χ3v) is 4.50. The van der Waals surface area contributed by atoms with Gasteiger partial charge in [0.05, 0.1) is 0 Å². The van der Waals surface area contributed by atoms with Gasteiger partial charge in [0.1, 0.15) is 0 Å². The van der Waals surface area contributed by atoms with Crippen LogP contribution >= 0.6 is 0 Å². The molecule has 1 saturated carbocycles. The molecule has 0 heterocycles. The van der Waals surface area contributed by atoms with Crippen molar-refractivity contribution in [3.63, 3.8) is 0 Å². The van der Waals surface area contributed by atoms with Gasteiger partial charge in [-0.05, 0) is 0 Å². The Morgan fingerprint density at radius 2 is 0.286 bits per heavy atom. The van der Waals surface area contributed by atoms with Crippen molar-refractivity contribution in [2.75, 3.05) is 0 Å². The van der Waals surface area contributed by atoms with Crippen LogP contribution in [0.4, 0.5) is 0 Å². The third-order valence-electron chi connectivity index (χ3n) is 4.50. The molecule has 0 saturated heterocycles. The number of hydrogen-bond acceptors (Lipinski definition) is 0. The Kier molecular flexibility index (Phi) is 24.7. The van der Waals surface area contributed by atoms with E-state index in [4.69, 9.17) is 0 Å². The van der Waals surface area contributed by atoms with Gasteiger partial charge in [0.15, 0.2) is 0 Å². The molecular weight excluding hydrogens is 252 g/mol. The maximum Gasteiger partial charge on any atom is -0.0533 e. The first-order valence-electron chi connectivity index (χ1n) is 10.00. The van der Waals surface area contributed by atoms with Crippen molar-refractivity contribution < 1.29 is 0 Å². The van der Waals surface area contributed by atoms with E-state index in [2.05, 4.69) is 0 Å². The number of rotatable bonds is 0. The fourth-order valence-corrected chi connectivity index (χ4v) is 3.18. The molecule has 0 atom stereocenters. The molecule has 0 aromatic heterocycles. The zero-order valence-corrected chi connectivity index (χ0v) is 14.7. The van der Waals surface area contributed by atoms with Crippen LogP contribution in [0.5, 0.6) is 0 Å². The lowest BCUT2D eigenvalue weighted by Gasteiger charge is -2.05. The van der Waals surface area contributed by atoms with Crippen LogP contribution in [0, 0.1) is 0 Å². The number of hydrogen-bond donors (Lipinski definition) is 0. The molecule has 0 heteroatoms. The molecular formula is C21H46. The topological polar surface area (TPSA) is 0 Å². The summed E-state index contributed by atoms with van der Waals surface area (Å²) in [7, 11) is 0. The molecule has 0 nitrogen and oxygen atoms in total. The predicted molar refractivity (Wildman–Crippen MR) is 101 cm³/mol. The lowest BCUT2D eigenvalue weighted by atomic mass is 10.0. The summed E-state index contributed by atoms with van der Waals surface area (Å²) in [5.74, 6) is 0. The summed E-state index contributed by atoms with van der Waals surface area (Å²) in [5, 5.41) is 0. The van der Waals surface area contributed by atoms with Crippen LogP contribution in [-0.2, 0) is 0 Å². The van der Waals surface area contributed by atoms with E-state index in [0.29, 0.717) is 0 Å². The predicted octanol–water partition coefficient (Wildman–Crippen LogP) is 8.68. The average molecular weight is 299 g/mol. The highest BCUT2D eigenvalue weighted by atomic mass is 14.0. The SMILES string of the molecule is C.C1CCCCCCCCCCCCCCCCC1.CC. The van der Waals surface area contributed by atoms with E-state index in [1.165, 1.54) is 116 Å². The fraction of sp³-hybridized carbons (Fsp3) is 1.00. The highest BCUT2D eigenvalue weighted by molar-refractivity contribution is 4.52. The van der Waals surface area contributed by atoms with Crippen molar-refractivity contribution in [3.8, 4) is 0 Å². The smallest absolute Gasteiger partial charge is 0.0533 e. The summed E-state index contributed by atoms with van der Waals surface area (Å²) in [6.07, 6.45) is 27.0. The minimum atomic E-state index is 0. The van der Waals surface area contributed by atoms with Gasteiger partial charge in [0, 0.05) is 0 Å². The zero-order valence-electron chi connectivity index (χ0n) is 14.7. The molecule has 0 bridgehead atoms. The van der Waals surface area contributed by atoms with E-state index < -0.39 is 0 Å². The third kappa shape index (κ3) is 20.0. The van der Waals surface area contributed by atoms with Gasteiger partial charge < -0.3 is 0 Å². The normalized spacial score (nSPS) is 20.9. The van der Waals surface area contributed by atoms with Gasteiger partial charge in [-0.3, -0.25) is 0 Å². The van der Waals surface area contributed by atoms with E-state index in [-0.39, 0.29) is 7.43 Å². The van der Waals surface area contributed by atoms with E-state index in [9.17, 15) is 0 Å². The molecule has 21 heavy (non-hydrogen) atoms. The summed E-state index contributed by atoms with van der Waals surface area (Å²) in [6, 6.07) is 0. The standard InChI is InChI=1S/C18H36.C2H6.CH4/c1-2-4-6-8-10-12-14-16-18-17-15-13-11-9-7-5-3-1;1-2;/h1-18H2;1-2H3;1H4. The highest BCUT2D eigenvalue weighted by Crippen LogP contribution is 2.16. The molecule has 1 rings (SSSR count). The van der Waals surface area contributed by atoms with Gasteiger partial charge in [-0.15, -0.1) is 0 Å². The highest BCUT2D eigenvalue weighted by Gasteiger charge is 1.96. The van der Waals surface area contributed by atoms with Crippen LogP contribution in [-0.4, -0.2) is 0 Å². The molecule has 0 aliphatic heterocycles. The van der Waals surface area contributed by atoms with Crippen LogP contribution in [0.1, 0.15) is 137 Å². The van der Waals surface area contributed by atoms with Gasteiger partial charge in [-0.2, -0.15) is 0 Å². The van der Waals surface area contributed by atoms with Gasteiger partial charge >= 0.3 is 0 Å². The van der Waals surface area contributed by atoms with Crippen molar-refractivity contribution in [2.45, 2.75) is 137 Å². The zero-order chi connectivity index (χ0) is 14.7. The Hall–Kier alpha value is 0. The molecule has 0 aromatic carbocycles. The molecule has 0 aromatic rings. The Morgan fingerprint density at radius 3 is 0.333 bits per heavy atom. The largest absolute Gasteiger partial charge is 0.0776 e. The van der Waals surface area contributed by atoms with Crippen molar-refractivity contribution in [1.82, 2.24) is 0 Å². The second-order valence-electron chi connectivity index (χ2n) is 6.36. The Bertz CT molecular complexity index is 75.1. The van der Waals surface area contributed by atoms with E-state index in [0.717, 1.165) is 0 Å². The summed E-state index contributed by atoms with van der Waals surface area (Å²) in [6.45, 7) is 4.00. The van der Waals surface area contributed by atoms with Gasteiger partial charge in [-0.1, -0.05) is 137 Å². The fourth-order valence-electron chi connectivity index (χ4n) is 3.18. The molecule has 0 radical (unpaired) electrons. The minimum absolute atomic E-state index is 0. The van der Waals surface area contributed by atoms with Gasteiger partial charge in [-0.25, -0.2) is 0 Å². The van der Waals surface area contributed by atoms with Gasteiger partial charge in [0.2, 0.25) is 0 Å². The summed E-state index contributed by atoms with van der Waals surface area (Å²) in [5.41, 5.74) is 0. The van der Waals surface area contributed by atoms with E-state index >= 15 is 0 Å². The van der Waals surface area contributed by atoms with Crippen molar-refractivity contribution in [2.24, 2.45) is 0 Å². The van der Waals surface area contributed by atoms with Crippen molar-refractivity contribution >= 4 is 0 Å². The molecule has 0 unspecified atom stereocenters. The van der Waals surface area contributed by atoms with Crippen LogP contribution in [0.2, 0.25) is 0 Å². The Balaban J connectivity index is 0. The summed E-state index contributed by atoms with van der Waals surface area (Å²) >= 11 is 0. The second kappa shape index (κ2) is 22.3. The molecule has 1 aliphatic rings. The molecule has 1 fully saturated rings. The maximum absolute atomic E-state index is 2.00. The lowest BCUT2D eigenvalue weighted by molar-refractivity contribution is 0.504. The molecule has 0 spiro atoms. The first-order valence-corrected chi connectivity index (χ1v) is 10.00. The first-order chi connectivity index (χ1) is 10.0. The van der Waals surface area contributed by atoms with E-state index in [1.807, 2.05) is 13.8 Å². The lowest BCUT2D eigenvalue weighted by Crippen LogP contribution is -1.85. The molecule has 1 aliphatic carbocycles. The summed E-state index contributed by atoms with van der Waals surface area (Å²) < 4.78 is 0. The van der Waals surface area contributed by atoms with Crippen LogP contribution in [0.25, 0.3) is 0 Å². The maximum atomic E-state index is 2.00. The minimum Gasteiger partial charge on any atom is -0.0776 e. The Morgan fingerprint density at radius 1 is 0.238 bits per heavy atom. The summed E-state index contributed by atoms with van der Waals surface area (Å²) in [4.78, 5) is 0. The molecule has 0 N–H and O–H groups in total. The van der Waals surface area contributed by atoms with Crippen molar-refractivity contribution in [1.29, 1.82) is 0 Å². The van der Waals surface area contributed by atoms with Crippen molar-refractivity contribution in [3.05, 3.63) is 0 Å². The van der Waals surface area contributed by atoms with Crippen LogP contribution in [0.15, 0.2) is 0 Å². The molecule has 130 valence electrons. The average Bonchev–Trinajstić information content (AvgIpc) is 2.49. The first kappa shape index (κ1) is 23.3.